The molecule has 132 valence electrons. The fraction of sp³-hybridized carbons (Fsp3) is 0.435. The number of halogens is 1. The molecule has 0 fully saturated rings. The van der Waals surface area contributed by atoms with E-state index < -0.39 is 5.82 Å². The Bertz CT molecular complexity index is 859. The molecule has 0 aliphatic heterocycles. The number of hydrogen-bond acceptors (Lipinski definition) is 1. The molecule has 0 saturated heterocycles. The standard InChI is InChI=1S/C23H27FO/c1-14-7-8-16(20(24)11-14)21(25)17-13-19-18(12-15(17)2)22(3,4)9-10-23(19,5)6/h7-8,11-13H,9-10H2,1-6H3. The number of carbonyl (C=O) groups is 1. The van der Waals surface area contributed by atoms with Crippen molar-refractivity contribution in [1.82, 2.24) is 0 Å². The molecule has 0 spiro atoms. The van der Waals surface area contributed by atoms with Crippen molar-refractivity contribution >= 4 is 5.78 Å². The molecule has 25 heavy (non-hydrogen) atoms. The van der Waals surface area contributed by atoms with E-state index in [9.17, 15) is 9.18 Å². The average Bonchev–Trinajstić information content (AvgIpc) is 2.51. The summed E-state index contributed by atoms with van der Waals surface area (Å²) >= 11 is 0. The zero-order valence-corrected chi connectivity index (χ0v) is 16.1. The highest BCUT2D eigenvalue weighted by Crippen LogP contribution is 2.46. The van der Waals surface area contributed by atoms with Gasteiger partial charge in [0, 0.05) is 5.56 Å². The zero-order chi connectivity index (χ0) is 18.6. The largest absolute Gasteiger partial charge is 0.288 e. The third kappa shape index (κ3) is 3.03. The van der Waals surface area contributed by atoms with Crippen LogP contribution in [0.5, 0.6) is 0 Å². The lowest BCUT2D eigenvalue weighted by atomic mass is 9.62. The fourth-order valence-electron chi connectivity index (χ4n) is 3.92. The van der Waals surface area contributed by atoms with E-state index in [1.54, 1.807) is 12.1 Å². The number of benzene rings is 2. The molecule has 0 N–H and O–H groups in total. The number of fused-ring (bicyclic) bond motifs is 1. The van der Waals surface area contributed by atoms with Crippen LogP contribution in [0.3, 0.4) is 0 Å². The molecule has 0 radical (unpaired) electrons. The van der Waals surface area contributed by atoms with Crippen LogP contribution in [0, 0.1) is 19.7 Å². The van der Waals surface area contributed by atoms with Crippen LogP contribution >= 0.6 is 0 Å². The molecule has 0 saturated carbocycles. The minimum Gasteiger partial charge on any atom is -0.288 e. The number of aryl methyl sites for hydroxylation is 2. The second-order valence-corrected chi connectivity index (χ2v) is 8.79. The third-order valence-corrected chi connectivity index (χ3v) is 5.81. The van der Waals surface area contributed by atoms with Gasteiger partial charge < -0.3 is 0 Å². The summed E-state index contributed by atoms with van der Waals surface area (Å²) in [6.07, 6.45) is 2.22. The van der Waals surface area contributed by atoms with Crippen molar-refractivity contribution in [2.75, 3.05) is 0 Å². The fourth-order valence-corrected chi connectivity index (χ4v) is 3.92. The van der Waals surface area contributed by atoms with Gasteiger partial charge in [-0.2, -0.15) is 0 Å². The molecule has 1 aliphatic carbocycles. The quantitative estimate of drug-likeness (QED) is 0.612. The lowest BCUT2D eigenvalue weighted by Crippen LogP contribution is -2.34. The van der Waals surface area contributed by atoms with Crippen LogP contribution in [-0.2, 0) is 10.8 Å². The molecule has 0 bridgehead atoms. The maximum absolute atomic E-state index is 14.3. The van der Waals surface area contributed by atoms with Gasteiger partial charge in [0.05, 0.1) is 5.56 Å². The summed E-state index contributed by atoms with van der Waals surface area (Å²) in [5, 5.41) is 0. The molecule has 0 atom stereocenters. The average molecular weight is 338 g/mol. The highest BCUT2D eigenvalue weighted by atomic mass is 19.1. The highest BCUT2D eigenvalue weighted by molar-refractivity contribution is 6.10. The summed E-state index contributed by atoms with van der Waals surface area (Å²) in [5.74, 6) is -0.668. The van der Waals surface area contributed by atoms with Gasteiger partial charge in [0.2, 0.25) is 0 Å². The van der Waals surface area contributed by atoms with Crippen molar-refractivity contribution in [1.29, 1.82) is 0 Å². The van der Waals surface area contributed by atoms with E-state index in [1.807, 2.05) is 19.9 Å². The first kappa shape index (κ1) is 17.8. The summed E-state index contributed by atoms with van der Waals surface area (Å²) in [7, 11) is 0. The molecular weight excluding hydrogens is 311 g/mol. The van der Waals surface area contributed by atoms with E-state index >= 15 is 0 Å². The number of rotatable bonds is 2. The minimum absolute atomic E-state index is 0.0272. The topological polar surface area (TPSA) is 17.1 Å². The van der Waals surface area contributed by atoms with Gasteiger partial charge in [0.25, 0.3) is 0 Å². The molecule has 3 rings (SSSR count). The van der Waals surface area contributed by atoms with Gasteiger partial charge in [-0.25, -0.2) is 4.39 Å². The number of ketones is 1. The second-order valence-electron chi connectivity index (χ2n) is 8.79. The van der Waals surface area contributed by atoms with Crippen molar-refractivity contribution in [3.8, 4) is 0 Å². The van der Waals surface area contributed by atoms with Crippen molar-refractivity contribution in [3.05, 3.63) is 69.5 Å². The van der Waals surface area contributed by atoms with Gasteiger partial charge >= 0.3 is 0 Å². The van der Waals surface area contributed by atoms with Crippen molar-refractivity contribution in [3.63, 3.8) is 0 Å². The van der Waals surface area contributed by atoms with Crippen LogP contribution in [0.4, 0.5) is 4.39 Å². The molecule has 1 aliphatic rings. The Morgan fingerprint density at radius 1 is 0.880 bits per heavy atom. The molecule has 2 aromatic carbocycles. The predicted molar refractivity (Wildman–Crippen MR) is 101 cm³/mol. The van der Waals surface area contributed by atoms with Crippen LogP contribution in [0.2, 0.25) is 0 Å². The Morgan fingerprint density at radius 3 is 2.00 bits per heavy atom. The summed E-state index contributed by atoms with van der Waals surface area (Å²) in [6.45, 7) is 12.8. The Balaban J connectivity index is 2.17. The highest BCUT2D eigenvalue weighted by Gasteiger charge is 2.38. The van der Waals surface area contributed by atoms with Gasteiger partial charge in [-0.1, -0.05) is 39.8 Å². The Morgan fingerprint density at radius 2 is 1.44 bits per heavy atom. The van der Waals surface area contributed by atoms with Crippen LogP contribution in [0.1, 0.15) is 78.7 Å². The normalized spacial score (nSPS) is 17.9. The van der Waals surface area contributed by atoms with Crippen molar-refractivity contribution in [2.24, 2.45) is 0 Å². The third-order valence-electron chi connectivity index (χ3n) is 5.81. The number of carbonyl (C=O) groups excluding carboxylic acids is 1. The van der Waals surface area contributed by atoms with E-state index in [1.165, 1.54) is 17.2 Å². The van der Waals surface area contributed by atoms with Gasteiger partial charge in [0.15, 0.2) is 5.78 Å². The summed E-state index contributed by atoms with van der Waals surface area (Å²) in [4.78, 5) is 13.0. The summed E-state index contributed by atoms with van der Waals surface area (Å²) < 4.78 is 14.3. The van der Waals surface area contributed by atoms with Gasteiger partial charge in [-0.15, -0.1) is 0 Å². The van der Waals surface area contributed by atoms with E-state index in [-0.39, 0.29) is 22.2 Å². The first-order valence-electron chi connectivity index (χ1n) is 8.99. The van der Waals surface area contributed by atoms with Gasteiger partial charge in [0.1, 0.15) is 5.82 Å². The summed E-state index contributed by atoms with van der Waals surface area (Å²) in [5.41, 5.74) is 5.20. The van der Waals surface area contributed by atoms with Crippen molar-refractivity contribution in [2.45, 2.75) is 65.2 Å². The molecule has 0 heterocycles. The van der Waals surface area contributed by atoms with Crippen LogP contribution in [0.25, 0.3) is 0 Å². The molecule has 2 aromatic rings. The second kappa shape index (κ2) is 5.79. The maximum Gasteiger partial charge on any atom is 0.196 e. The molecular formula is C23H27FO. The smallest absolute Gasteiger partial charge is 0.196 e. The van der Waals surface area contributed by atoms with E-state index in [0.717, 1.165) is 24.0 Å². The zero-order valence-electron chi connectivity index (χ0n) is 16.1. The van der Waals surface area contributed by atoms with E-state index in [2.05, 4.69) is 33.8 Å². The van der Waals surface area contributed by atoms with Crippen LogP contribution in [-0.4, -0.2) is 5.78 Å². The van der Waals surface area contributed by atoms with E-state index in [4.69, 9.17) is 0 Å². The predicted octanol–water partition coefficient (Wildman–Crippen LogP) is 6.02. The Hall–Kier alpha value is -1.96. The van der Waals surface area contributed by atoms with Crippen LogP contribution < -0.4 is 0 Å². The molecule has 0 unspecified atom stereocenters. The van der Waals surface area contributed by atoms with Gasteiger partial charge in [-0.05, 0) is 78.0 Å². The van der Waals surface area contributed by atoms with Gasteiger partial charge in [-0.3, -0.25) is 4.79 Å². The summed E-state index contributed by atoms with van der Waals surface area (Å²) in [6, 6.07) is 8.98. The first-order valence-corrected chi connectivity index (χ1v) is 8.99. The monoisotopic (exact) mass is 338 g/mol. The molecule has 0 aromatic heterocycles. The first-order chi connectivity index (χ1) is 11.5. The molecule has 0 amide bonds. The minimum atomic E-state index is -0.443. The lowest BCUT2D eigenvalue weighted by Gasteiger charge is -2.42. The molecule has 2 heteroatoms. The Kier molecular flexibility index (Phi) is 4.14. The maximum atomic E-state index is 14.3. The SMILES string of the molecule is Cc1ccc(C(=O)c2cc3c(cc2C)C(C)(C)CCC3(C)C)c(F)c1. The molecule has 1 nitrogen and oxygen atoms in total. The number of hydrogen-bond donors (Lipinski definition) is 0. The van der Waals surface area contributed by atoms with Crippen LogP contribution in [0.15, 0.2) is 30.3 Å². The van der Waals surface area contributed by atoms with Crippen molar-refractivity contribution < 1.29 is 9.18 Å². The Labute approximate surface area is 150 Å². The van der Waals surface area contributed by atoms with E-state index in [0.29, 0.717) is 5.56 Å². The lowest BCUT2D eigenvalue weighted by molar-refractivity contribution is 0.103.